The summed E-state index contributed by atoms with van der Waals surface area (Å²) in [5, 5.41) is 10.6. The molecule has 6 heteroatoms. The Bertz CT molecular complexity index is 804. The number of rotatable bonds is 6. The van der Waals surface area contributed by atoms with Gasteiger partial charge < -0.3 is 9.47 Å². The first-order chi connectivity index (χ1) is 12.5. The number of hydrogen-bond acceptors (Lipinski definition) is 4. The number of ether oxygens (including phenoxy) is 2. The highest BCUT2D eigenvalue weighted by Gasteiger charge is 2.29. The highest BCUT2D eigenvalue weighted by molar-refractivity contribution is 5.86. The van der Waals surface area contributed by atoms with Gasteiger partial charge in [-0.05, 0) is 54.5 Å². The average Bonchev–Trinajstić information content (AvgIpc) is 3.50. The Morgan fingerprint density at radius 1 is 1.31 bits per heavy atom. The van der Waals surface area contributed by atoms with E-state index in [1.165, 1.54) is 13.2 Å². The minimum atomic E-state index is -0.891. The maximum atomic E-state index is 14.2. The zero-order valence-electron chi connectivity index (χ0n) is 14.9. The molecule has 1 fully saturated rings. The van der Waals surface area contributed by atoms with Gasteiger partial charge in [-0.25, -0.2) is 9.18 Å². The molecule has 0 unspecified atom stereocenters. The van der Waals surface area contributed by atoms with E-state index in [0.29, 0.717) is 16.5 Å². The van der Waals surface area contributed by atoms with Gasteiger partial charge in [-0.1, -0.05) is 25.1 Å². The minimum absolute atomic E-state index is 0.0401. The van der Waals surface area contributed by atoms with Crippen molar-refractivity contribution < 1.29 is 23.9 Å². The average molecular weight is 359 g/mol. The van der Waals surface area contributed by atoms with Crippen molar-refractivity contribution >= 4 is 11.8 Å². The Labute approximate surface area is 151 Å². The number of anilines is 1. The van der Waals surface area contributed by atoms with Crippen LogP contribution in [-0.2, 0) is 17.8 Å². The molecule has 2 aromatic carbocycles. The van der Waals surface area contributed by atoms with Crippen LogP contribution in [0.5, 0.6) is 5.75 Å². The number of amides is 1. The van der Waals surface area contributed by atoms with E-state index in [1.54, 1.807) is 18.2 Å². The maximum Gasteiger partial charge on any atom is 0.438 e. The number of benzene rings is 2. The molecule has 3 rings (SSSR count). The SMILES string of the molecule is CCc1ccc(OCc2c(C3CC3)cccc2N(O)C(=O)OC)c(F)c1. The summed E-state index contributed by atoms with van der Waals surface area (Å²) in [4.78, 5) is 11.7. The van der Waals surface area contributed by atoms with Gasteiger partial charge in [0.05, 0.1) is 12.8 Å². The van der Waals surface area contributed by atoms with Crippen molar-refractivity contribution in [1.82, 2.24) is 0 Å². The third-order valence-electron chi connectivity index (χ3n) is 4.56. The Balaban J connectivity index is 1.89. The fourth-order valence-corrected chi connectivity index (χ4v) is 2.94. The quantitative estimate of drug-likeness (QED) is 0.594. The van der Waals surface area contributed by atoms with Crippen molar-refractivity contribution in [2.24, 2.45) is 0 Å². The molecule has 0 saturated heterocycles. The normalized spacial score (nSPS) is 13.4. The second kappa shape index (κ2) is 7.74. The summed E-state index contributed by atoms with van der Waals surface area (Å²) in [5.41, 5.74) is 2.82. The summed E-state index contributed by atoms with van der Waals surface area (Å²) in [5.74, 6) is 0.0804. The molecular formula is C20H22FNO4. The first-order valence-corrected chi connectivity index (χ1v) is 8.65. The van der Waals surface area contributed by atoms with Crippen LogP contribution in [0.25, 0.3) is 0 Å². The number of hydrogen-bond donors (Lipinski definition) is 1. The predicted octanol–water partition coefficient (Wildman–Crippen LogP) is 4.81. The smallest absolute Gasteiger partial charge is 0.438 e. The number of hydroxylamine groups is 1. The zero-order valence-corrected chi connectivity index (χ0v) is 14.9. The Morgan fingerprint density at radius 2 is 2.08 bits per heavy atom. The summed E-state index contributed by atoms with van der Waals surface area (Å²) < 4.78 is 24.5. The van der Waals surface area contributed by atoms with Crippen LogP contribution >= 0.6 is 0 Å². The molecule has 1 saturated carbocycles. The summed E-state index contributed by atoms with van der Waals surface area (Å²) in [6.45, 7) is 1.99. The molecule has 0 heterocycles. The van der Waals surface area contributed by atoms with Gasteiger partial charge in [0.2, 0.25) is 0 Å². The zero-order chi connectivity index (χ0) is 18.7. The van der Waals surface area contributed by atoms with Crippen molar-refractivity contribution in [3.63, 3.8) is 0 Å². The van der Waals surface area contributed by atoms with E-state index < -0.39 is 11.9 Å². The first kappa shape index (κ1) is 18.2. The summed E-state index contributed by atoms with van der Waals surface area (Å²) in [6, 6.07) is 10.2. The minimum Gasteiger partial charge on any atom is -0.486 e. The Morgan fingerprint density at radius 3 is 2.69 bits per heavy atom. The molecule has 1 aliphatic carbocycles. The fraction of sp³-hybridized carbons (Fsp3) is 0.350. The number of methoxy groups -OCH3 is 1. The third kappa shape index (κ3) is 3.80. The molecule has 0 spiro atoms. The van der Waals surface area contributed by atoms with Crippen LogP contribution in [-0.4, -0.2) is 18.4 Å². The Hall–Kier alpha value is -2.60. The molecular weight excluding hydrogens is 337 g/mol. The van der Waals surface area contributed by atoms with E-state index in [0.717, 1.165) is 30.4 Å². The molecule has 0 bridgehead atoms. The number of aryl methyl sites for hydroxylation is 1. The molecule has 0 aromatic heterocycles. The van der Waals surface area contributed by atoms with Crippen LogP contribution in [0.2, 0.25) is 0 Å². The van der Waals surface area contributed by atoms with Crippen LogP contribution in [0.1, 0.15) is 42.4 Å². The van der Waals surface area contributed by atoms with Gasteiger partial charge in [0.15, 0.2) is 11.6 Å². The van der Waals surface area contributed by atoms with Crippen LogP contribution in [0, 0.1) is 5.82 Å². The largest absolute Gasteiger partial charge is 0.486 e. The van der Waals surface area contributed by atoms with E-state index in [4.69, 9.17) is 4.74 Å². The molecule has 0 aliphatic heterocycles. The van der Waals surface area contributed by atoms with Crippen LogP contribution in [0.15, 0.2) is 36.4 Å². The van der Waals surface area contributed by atoms with Gasteiger partial charge in [-0.15, -0.1) is 0 Å². The van der Waals surface area contributed by atoms with E-state index in [1.807, 2.05) is 19.1 Å². The lowest BCUT2D eigenvalue weighted by Gasteiger charge is -2.20. The topological polar surface area (TPSA) is 59.0 Å². The first-order valence-electron chi connectivity index (χ1n) is 8.65. The monoisotopic (exact) mass is 359 g/mol. The molecule has 1 N–H and O–H groups in total. The van der Waals surface area contributed by atoms with E-state index in [9.17, 15) is 14.4 Å². The van der Waals surface area contributed by atoms with Gasteiger partial charge in [0, 0.05) is 5.56 Å². The Kier molecular flexibility index (Phi) is 5.42. The number of carbonyl (C=O) groups is 1. The molecule has 138 valence electrons. The van der Waals surface area contributed by atoms with Gasteiger partial charge >= 0.3 is 6.09 Å². The van der Waals surface area contributed by atoms with Crippen molar-refractivity contribution in [2.75, 3.05) is 12.2 Å². The predicted molar refractivity (Wildman–Crippen MR) is 95.2 cm³/mol. The second-order valence-corrected chi connectivity index (χ2v) is 6.31. The van der Waals surface area contributed by atoms with Gasteiger partial charge in [-0.2, -0.15) is 5.06 Å². The lowest BCUT2D eigenvalue weighted by Crippen LogP contribution is -2.28. The van der Waals surface area contributed by atoms with Crippen LogP contribution in [0.3, 0.4) is 0 Å². The summed E-state index contributed by atoms with van der Waals surface area (Å²) in [6.07, 6.45) is 1.93. The maximum absolute atomic E-state index is 14.2. The van der Waals surface area contributed by atoms with E-state index in [-0.39, 0.29) is 18.0 Å². The number of carbonyl (C=O) groups excluding carboxylic acids is 1. The highest BCUT2D eigenvalue weighted by atomic mass is 19.1. The van der Waals surface area contributed by atoms with E-state index in [2.05, 4.69) is 4.74 Å². The standard InChI is InChI=1S/C20H22FNO4/c1-3-13-7-10-19(17(21)11-13)26-12-16-15(14-8-9-14)5-4-6-18(16)22(24)20(23)25-2/h4-7,10-11,14,24H,3,8-9,12H2,1-2H3. The van der Waals surface area contributed by atoms with Crippen LogP contribution < -0.4 is 9.80 Å². The van der Waals surface area contributed by atoms with Crippen molar-refractivity contribution in [1.29, 1.82) is 0 Å². The third-order valence-corrected chi connectivity index (χ3v) is 4.56. The number of nitrogens with zero attached hydrogens (tertiary/aromatic N) is 1. The summed E-state index contributed by atoms with van der Waals surface area (Å²) >= 11 is 0. The van der Waals surface area contributed by atoms with Gasteiger partial charge in [0.25, 0.3) is 0 Å². The molecule has 2 aromatic rings. The second-order valence-electron chi connectivity index (χ2n) is 6.31. The molecule has 26 heavy (non-hydrogen) atoms. The highest BCUT2D eigenvalue weighted by Crippen LogP contribution is 2.44. The van der Waals surface area contributed by atoms with Crippen LogP contribution in [0.4, 0.5) is 14.9 Å². The number of halogens is 1. The lowest BCUT2D eigenvalue weighted by atomic mass is 10.0. The van der Waals surface area contributed by atoms with Crippen molar-refractivity contribution in [3.8, 4) is 5.75 Å². The lowest BCUT2D eigenvalue weighted by molar-refractivity contribution is 0.140. The van der Waals surface area contributed by atoms with Crippen molar-refractivity contribution in [2.45, 2.75) is 38.7 Å². The summed E-state index contributed by atoms with van der Waals surface area (Å²) in [7, 11) is 1.19. The molecule has 1 amide bonds. The fourth-order valence-electron chi connectivity index (χ4n) is 2.94. The van der Waals surface area contributed by atoms with Gasteiger partial charge in [-0.3, -0.25) is 5.21 Å². The molecule has 0 radical (unpaired) electrons. The molecule has 5 nitrogen and oxygen atoms in total. The molecule has 0 atom stereocenters. The van der Waals surface area contributed by atoms with E-state index >= 15 is 0 Å². The molecule has 1 aliphatic rings. The van der Waals surface area contributed by atoms with Crippen molar-refractivity contribution in [3.05, 3.63) is 58.9 Å². The van der Waals surface area contributed by atoms with Gasteiger partial charge in [0.1, 0.15) is 6.61 Å².